The third kappa shape index (κ3) is 3.49. The van der Waals surface area contributed by atoms with Crippen molar-refractivity contribution in [1.82, 2.24) is 15.0 Å². The van der Waals surface area contributed by atoms with Gasteiger partial charge in [-0.2, -0.15) is 0 Å². The normalized spacial score (nSPS) is 12.1. The van der Waals surface area contributed by atoms with Crippen molar-refractivity contribution in [2.75, 3.05) is 0 Å². The number of nitrogens with zero attached hydrogens (tertiary/aromatic N) is 3. The minimum Gasteiger partial charge on any atom is -0.451 e. The average molecular weight is 351 g/mol. The van der Waals surface area contributed by atoms with E-state index in [0.717, 1.165) is 17.5 Å². The zero-order valence-corrected chi connectivity index (χ0v) is 15.1. The number of carbonyl (C=O) groups excluding carboxylic acids is 2. The van der Waals surface area contributed by atoms with Crippen LogP contribution in [0.4, 0.5) is 0 Å². The van der Waals surface area contributed by atoms with Crippen LogP contribution in [0.15, 0.2) is 42.5 Å². The van der Waals surface area contributed by atoms with E-state index in [9.17, 15) is 9.59 Å². The summed E-state index contributed by atoms with van der Waals surface area (Å²) in [5, 5.41) is 8.07. The molecule has 1 aromatic heterocycles. The van der Waals surface area contributed by atoms with Crippen LogP contribution in [-0.4, -0.2) is 32.9 Å². The van der Waals surface area contributed by atoms with Crippen LogP contribution in [0.2, 0.25) is 0 Å². The molecule has 1 atom stereocenters. The Morgan fingerprint density at radius 1 is 1.08 bits per heavy atom. The fraction of sp³-hybridized carbons (Fsp3) is 0.300. The molecule has 0 aliphatic heterocycles. The molecule has 0 fully saturated rings. The highest BCUT2D eigenvalue weighted by molar-refractivity contribution is 6.01. The molecule has 134 valence electrons. The van der Waals surface area contributed by atoms with Gasteiger partial charge in [-0.05, 0) is 44.0 Å². The fourth-order valence-electron chi connectivity index (χ4n) is 2.75. The van der Waals surface area contributed by atoms with E-state index in [1.54, 1.807) is 41.9 Å². The first kappa shape index (κ1) is 17.8. The van der Waals surface area contributed by atoms with Gasteiger partial charge < -0.3 is 4.74 Å². The van der Waals surface area contributed by atoms with Gasteiger partial charge in [-0.15, -0.1) is 5.10 Å². The zero-order valence-electron chi connectivity index (χ0n) is 15.1. The summed E-state index contributed by atoms with van der Waals surface area (Å²) < 4.78 is 7.09. The lowest BCUT2D eigenvalue weighted by atomic mass is 10.0. The monoisotopic (exact) mass is 351 g/mol. The number of aryl methyl sites for hydroxylation is 2. The highest BCUT2D eigenvalue weighted by Gasteiger charge is 2.21. The first-order chi connectivity index (χ1) is 12.5. The lowest BCUT2D eigenvalue weighted by molar-refractivity contribution is 0.0319. The zero-order chi connectivity index (χ0) is 18.7. The van der Waals surface area contributed by atoms with Crippen LogP contribution in [0.1, 0.15) is 47.1 Å². The summed E-state index contributed by atoms with van der Waals surface area (Å²) in [5.74, 6) is -0.775. The van der Waals surface area contributed by atoms with Crippen LogP contribution in [-0.2, 0) is 17.7 Å². The molecule has 3 rings (SSSR count). The fourth-order valence-corrected chi connectivity index (χ4v) is 2.75. The van der Waals surface area contributed by atoms with E-state index in [0.29, 0.717) is 23.2 Å². The van der Waals surface area contributed by atoms with Gasteiger partial charge in [0.15, 0.2) is 6.10 Å². The summed E-state index contributed by atoms with van der Waals surface area (Å²) in [6.07, 6.45) is 0.0430. The number of esters is 1. The Kier molecular flexibility index (Phi) is 5.11. The number of benzene rings is 2. The maximum Gasteiger partial charge on any atom is 0.338 e. The van der Waals surface area contributed by atoms with Crippen LogP contribution < -0.4 is 0 Å². The van der Waals surface area contributed by atoms with Crippen molar-refractivity contribution >= 4 is 22.8 Å². The summed E-state index contributed by atoms with van der Waals surface area (Å²) in [6, 6.07) is 12.4. The third-order valence-electron chi connectivity index (χ3n) is 4.35. The minimum atomic E-state index is -0.864. The number of ketones is 1. The van der Waals surface area contributed by atoms with E-state index in [1.165, 1.54) is 0 Å². The maximum absolute atomic E-state index is 12.5. The molecule has 26 heavy (non-hydrogen) atoms. The molecule has 0 N–H and O–H groups in total. The molecular formula is C20H21N3O3. The predicted octanol–water partition coefficient (Wildman–Crippen LogP) is 3.44. The number of fused-ring (bicyclic) bond motifs is 1. The summed E-state index contributed by atoms with van der Waals surface area (Å²) in [4.78, 5) is 24.8. The van der Waals surface area contributed by atoms with E-state index in [-0.39, 0.29) is 5.78 Å². The molecule has 0 saturated heterocycles. The number of ether oxygens (including phenoxy) is 1. The average Bonchev–Trinajstić information content (AvgIpc) is 3.09. The van der Waals surface area contributed by atoms with Crippen molar-refractivity contribution in [3.8, 4) is 0 Å². The van der Waals surface area contributed by atoms with Crippen LogP contribution in [0.5, 0.6) is 0 Å². The first-order valence-corrected chi connectivity index (χ1v) is 8.70. The molecule has 6 nitrogen and oxygen atoms in total. The van der Waals surface area contributed by atoms with Gasteiger partial charge in [-0.1, -0.05) is 36.4 Å². The van der Waals surface area contributed by atoms with E-state index in [2.05, 4.69) is 17.2 Å². The Labute approximate surface area is 151 Å². The van der Waals surface area contributed by atoms with Crippen molar-refractivity contribution in [1.29, 1.82) is 0 Å². The lowest BCUT2D eigenvalue weighted by Crippen LogP contribution is -2.24. The van der Waals surface area contributed by atoms with Crippen LogP contribution in [0.3, 0.4) is 0 Å². The van der Waals surface area contributed by atoms with Gasteiger partial charge in [0, 0.05) is 12.1 Å². The standard InChI is InChI=1S/C20H21N3O3/c1-4-14-6-8-15(9-7-14)19(24)13(3)26-20(25)16-10-11-18-17(12-16)21-22-23(18)5-2/h6-13H,4-5H2,1-3H3/t13-/m1/s1. The highest BCUT2D eigenvalue weighted by atomic mass is 16.5. The molecule has 0 spiro atoms. The Bertz CT molecular complexity index is 945. The number of Topliss-reactive ketones (excluding diaryl/α,β-unsaturated/α-hetero) is 1. The Hall–Kier alpha value is -3.02. The summed E-state index contributed by atoms with van der Waals surface area (Å²) in [6.45, 7) is 6.30. The van der Waals surface area contributed by atoms with E-state index >= 15 is 0 Å². The van der Waals surface area contributed by atoms with Gasteiger partial charge >= 0.3 is 5.97 Å². The van der Waals surface area contributed by atoms with Gasteiger partial charge in [-0.25, -0.2) is 9.48 Å². The second-order valence-corrected chi connectivity index (χ2v) is 6.07. The van der Waals surface area contributed by atoms with E-state index < -0.39 is 12.1 Å². The van der Waals surface area contributed by atoms with Gasteiger partial charge in [0.05, 0.1) is 11.1 Å². The van der Waals surface area contributed by atoms with Crippen LogP contribution in [0.25, 0.3) is 11.0 Å². The van der Waals surface area contributed by atoms with Crippen molar-refractivity contribution in [2.45, 2.75) is 39.8 Å². The molecule has 3 aromatic rings. The largest absolute Gasteiger partial charge is 0.451 e. The van der Waals surface area contributed by atoms with Crippen molar-refractivity contribution < 1.29 is 14.3 Å². The second-order valence-electron chi connectivity index (χ2n) is 6.07. The molecular weight excluding hydrogens is 330 g/mol. The van der Waals surface area contributed by atoms with Gasteiger partial charge in [-0.3, -0.25) is 4.79 Å². The third-order valence-corrected chi connectivity index (χ3v) is 4.35. The number of rotatable bonds is 6. The quantitative estimate of drug-likeness (QED) is 0.502. The molecule has 0 bridgehead atoms. The highest BCUT2D eigenvalue weighted by Crippen LogP contribution is 2.16. The van der Waals surface area contributed by atoms with Crippen LogP contribution in [0, 0.1) is 0 Å². The lowest BCUT2D eigenvalue weighted by Gasteiger charge is -2.12. The molecule has 0 aliphatic rings. The second kappa shape index (κ2) is 7.47. The van der Waals surface area contributed by atoms with E-state index in [1.807, 2.05) is 19.1 Å². The predicted molar refractivity (Wildman–Crippen MR) is 98.2 cm³/mol. The molecule has 2 aromatic carbocycles. The van der Waals surface area contributed by atoms with Crippen molar-refractivity contribution in [3.63, 3.8) is 0 Å². The smallest absolute Gasteiger partial charge is 0.338 e. The molecule has 0 amide bonds. The number of hydrogen-bond donors (Lipinski definition) is 0. The number of aromatic nitrogens is 3. The molecule has 0 radical (unpaired) electrons. The number of carbonyl (C=O) groups is 2. The first-order valence-electron chi connectivity index (χ1n) is 8.70. The van der Waals surface area contributed by atoms with Crippen molar-refractivity contribution in [3.05, 3.63) is 59.2 Å². The summed E-state index contributed by atoms with van der Waals surface area (Å²) >= 11 is 0. The SMILES string of the molecule is CCc1ccc(C(=O)[C@@H](C)OC(=O)c2ccc3c(c2)nnn3CC)cc1. The Morgan fingerprint density at radius 3 is 2.42 bits per heavy atom. The molecule has 0 saturated carbocycles. The van der Waals surface area contributed by atoms with Crippen LogP contribution >= 0.6 is 0 Å². The van der Waals surface area contributed by atoms with Gasteiger partial charge in [0.1, 0.15) is 5.52 Å². The molecule has 6 heteroatoms. The Balaban J connectivity index is 1.72. The topological polar surface area (TPSA) is 74.1 Å². The molecule has 0 unspecified atom stereocenters. The maximum atomic E-state index is 12.5. The van der Waals surface area contributed by atoms with E-state index in [4.69, 9.17) is 4.74 Å². The molecule has 1 heterocycles. The molecule has 0 aliphatic carbocycles. The Morgan fingerprint density at radius 2 is 1.77 bits per heavy atom. The summed E-state index contributed by atoms with van der Waals surface area (Å²) in [7, 11) is 0. The van der Waals surface area contributed by atoms with Gasteiger partial charge in [0.2, 0.25) is 5.78 Å². The number of hydrogen-bond acceptors (Lipinski definition) is 5. The summed E-state index contributed by atoms with van der Waals surface area (Å²) in [5.41, 5.74) is 3.50. The van der Waals surface area contributed by atoms with Gasteiger partial charge in [0.25, 0.3) is 0 Å². The minimum absolute atomic E-state index is 0.223. The van der Waals surface area contributed by atoms with Crippen molar-refractivity contribution in [2.24, 2.45) is 0 Å².